The van der Waals surface area contributed by atoms with E-state index in [9.17, 15) is 9.59 Å². The Morgan fingerprint density at radius 2 is 2.05 bits per heavy atom. The van der Waals surface area contributed by atoms with Gasteiger partial charge in [0.05, 0.1) is 12.6 Å². The summed E-state index contributed by atoms with van der Waals surface area (Å²) < 4.78 is 5.07. The van der Waals surface area contributed by atoms with Gasteiger partial charge >= 0.3 is 6.09 Å². The van der Waals surface area contributed by atoms with E-state index >= 15 is 0 Å². The average molecular weight is 264 g/mol. The number of amides is 1. The van der Waals surface area contributed by atoms with Crippen LogP contribution in [0.2, 0.25) is 0 Å². The summed E-state index contributed by atoms with van der Waals surface area (Å²) in [7, 11) is 0. The van der Waals surface area contributed by atoms with Crippen molar-refractivity contribution in [1.29, 1.82) is 0 Å². The molecule has 19 heavy (non-hydrogen) atoms. The van der Waals surface area contributed by atoms with Crippen LogP contribution in [0.5, 0.6) is 0 Å². The summed E-state index contributed by atoms with van der Waals surface area (Å²) in [6.45, 7) is 2.16. The molecule has 0 saturated carbocycles. The van der Waals surface area contributed by atoms with Crippen molar-refractivity contribution in [3.63, 3.8) is 0 Å². The minimum Gasteiger partial charge on any atom is -0.465 e. The first kappa shape index (κ1) is 13.5. The highest BCUT2D eigenvalue weighted by Gasteiger charge is 2.48. The van der Waals surface area contributed by atoms with E-state index in [2.05, 4.69) is 5.32 Å². The molecular weight excluding hydrogens is 248 g/mol. The zero-order valence-electron chi connectivity index (χ0n) is 10.6. The summed E-state index contributed by atoms with van der Waals surface area (Å²) >= 11 is 0. The number of carbonyl (C=O) groups is 2. The molecule has 4 N–H and O–H groups in total. The van der Waals surface area contributed by atoms with Crippen LogP contribution < -0.4 is 11.1 Å². The Labute approximate surface area is 110 Å². The number of hydrogen-bond donors (Lipinski definition) is 3. The molecule has 1 aromatic carbocycles. The molecule has 1 saturated heterocycles. The second-order valence-corrected chi connectivity index (χ2v) is 4.82. The smallest absolute Gasteiger partial charge is 0.409 e. The van der Waals surface area contributed by atoms with Gasteiger partial charge in [-0.1, -0.05) is 12.1 Å². The summed E-state index contributed by atoms with van der Waals surface area (Å²) in [6, 6.07) is 6.15. The molecule has 2 atom stereocenters. The lowest BCUT2D eigenvalue weighted by Gasteiger charge is -2.13. The third kappa shape index (κ3) is 3.30. The molecule has 0 radical (unpaired) electrons. The van der Waals surface area contributed by atoms with Gasteiger partial charge in [-0.3, -0.25) is 10.1 Å². The number of carboxylic acid groups (broad SMARTS) is 1. The highest BCUT2D eigenvalue weighted by atomic mass is 16.6. The zero-order chi connectivity index (χ0) is 14.0. The maximum Gasteiger partial charge on any atom is 0.409 e. The SMILES string of the molecule is CC1(C(=O)C(N)Cc2ccc(NC(=O)O)cc2)CO1. The third-order valence-corrected chi connectivity index (χ3v) is 3.10. The van der Waals surface area contributed by atoms with Crippen molar-refractivity contribution in [2.75, 3.05) is 11.9 Å². The van der Waals surface area contributed by atoms with E-state index < -0.39 is 17.7 Å². The number of rotatable bonds is 5. The molecule has 1 heterocycles. The first-order valence-corrected chi connectivity index (χ1v) is 5.93. The highest BCUT2D eigenvalue weighted by molar-refractivity contribution is 5.93. The Kier molecular flexibility index (Phi) is 3.55. The Bertz CT molecular complexity index is 494. The van der Waals surface area contributed by atoms with E-state index in [4.69, 9.17) is 15.6 Å². The van der Waals surface area contributed by atoms with Crippen LogP contribution in [-0.4, -0.2) is 35.2 Å². The first-order chi connectivity index (χ1) is 8.90. The fourth-order valence-electron chi connectivity index (χ4n) is 1.84. The van der Waals surface area contributed by atoms with Crippen LogP contribution >= 0.6 is 0 Å². The Hall–Kier alpha value is -1.92. The minimum atomic E-state index is -1.11. The molecule has 2 unspecified atom stereocenters. The minimum absolute atomic E-state index is 0.0970. The number of carbonyl (C=O) groups excluding carboxylic acids is 1. The molecule has 102 valence electrons. The fraction of sp³-hybridized carbons (Fsp3) is 0.385. The van der Waals surface area contributed by atoms with Crippen molar-refractivity contribution in [1.82, 2.24) is 0 Å². The van der Waals surface area contributed by atoms with E-state index in [1.54, 1.807) is 31.2 Å². The molecule has 1 amide bonds. The quantitative estimate of drug-likeness (QED) is 0.688. The van der Waals surface area contributed by atoms with Crippen molar-refractivity contribution in [2.24, 2.45) is 5.73 Å². The summed E-state index contributed by atoms with van der Waals surface area (Å²) in [6.07, 6.45) is -0.705. The van der Waals surface area contributed by atoms with E-state index in [-0.39, 0.29) is 5.78 Å². The van der Waals surface area contributed by atoms with Crippen molar-refractivity contribution in [2.45, 2.75) is 25.0 Å². The average Bonchev–Trinajstić information content (AvgIpc) is 3.09. The van der Waals surface area contributed by atoms with Gasteiger partial charge < -0.3 is 15.6 Å². The Balaban J connectivity index is 1.95. The van der Waals surface area contributed by atoms with Crippen LogP contribution in [0.15, 0.2) is 24.3 Å². The van der Waals surface area contributed by atoms with Gasteiger partial charge in [-0.05, 0) is 31.0 Å². The van der Waals surface area contributed by atoms with Crippen LogP contribution in [0.1, 0.15) is 12.5 Å². The fourth-order valence-corrected chi connectivity index (χ4v) is 1.84. The monoisotopic (exact) mass is 264 g/mol. The lowest BCUT2D eigenvalue weighted by Crippen LogP contribution is -2.40. The van der Waals surface area contributed by atoms with Gasteiger partial charge in [0.25, 0.3) is 0 Å². The molecule has 1 fully saturated rings. The van der Waals surface area contributed by atoms with Gasteiger partial charge in [0.15, 0.2) is 5.78 Å². The number of hydrogen-bond acceptors (Lipinski definition) is 4. The van der Waals surface area contributed by atoms with Crippen LogP contribution in [0.4, 0.5) is 10.5 Å². The van der Waals surface area contributed by atoms with Gasteiger partial charge in [0.2, 0.25) is 0 Å². The number of ketones is 1. The molecule has 1 aromatic rings. The number of benzene rings is 1. The van der Waals surface area contributed by atoms with Crippen molar-refractivity contribution in [3.05, 3.63) is 29.8 Å². The van der Waals surface area contributed by atoms with Crippen LogP contribution in [-0.2, 0) is 16.0 Å². The standard InChI is InChI=1S/C13H16N2O4/c1-13(7-19-13)11(16)10(14)6-8-2-4-9(5-3-8)15-12(17)18/h2-5,10,15H,6-7,14H2,1H3,(H,17,18). The normalized spacial score (nSPS) is 22.6. The maximum atomic E-state index is 11.9. The van der Waals surface area contributed by atoms with Crippen molar-refractivity contribution < 1.29 is 19.4 Å². The Morgan fingerprint density at radius 1 is 1.47 bits per heavy atom. The summed E-state index contributed by atoms with van der Waals surface area (Å²) in [5.41, 5.74) is 6.51. The summed E-state index contributed by atoms with van der Waals surface area (Å²) in [5.74, 6) is -0.0970. The predicted octanol–water partition coefficient (Wildman–Crippen LogP) is 1.00. The molecule has 6 nitrogen and oxygen atoms in total. The Morgan fingerprint density at radius 3 is 2.53 bits per heavy atom. The molecule has 1 aliphatic heterocycles. The molecule has 6 heteroatoms. The number of anilines is 1. The first-order valence-electron chi connectivity index (χ1n) is 5.93. The van der Waals surface area contributed by atoms with E-state index in [1.807, 2.05) is 0 Å². The number of nitrogens with one attached hydrogen (secondary N) is 1. The molecule has 2 rings (SSSR count). The largest absolute Gasteiger partial charge is 0.465 e. The van der Waals surface area contributed by atoms with Crippen molar-refractivity contribution >= 4 is 17.6 Å². The van der Waals surface area contributed by atoms with E-state index in [0.717, 1.165) is 5.56 Å². The number of nitrogens with two attached hydrogens (primary N) is 1. The second-order valence-electron chi connectivity index (χ2n) is 4.82. The van der Waals surface area contributed by atoms with Gasteiger partial charge in [-0.2, -0.15) is 0 Å². The second kappa shape index (κ2) is 4.99. The van der Waals surface area contributed by atoms with Gasteiger partial charge in [0.1, 0.15) is 5.60 Å². The topological polar surface area (TPSA) is 105 Å². The highest BCUT2D eigenvalue weighted by Crippen LogP contribution is 2.28. The van der Waals surface area contributed by atoms with E-state index in [0.29, 0.717) is 18.7 Å². The molecule has 0 aromatic heterocycles. The molecule has 1 aliphatic rings. The molecule has 0 aliphatic carbocycles. The zero-order valence-corrected chi connectivity index (χ0v) is 10.6. The third-order valence-electron chi connectivity index (χ3n) is 3.10. The maximum absolute atomic E-state index is 11.9. The lowest BCUT2D eigenvalue weighted by molar-refractivity contribution is -0.124. The van der Waals surface area contributed by atoms with Crippen LogP contribution in [0.3, 0.4) is 0 Å². The van der Waals surface area contributed by atoms with Crippen LogP contribution in [0.25, 0.3) is 0 Å². The lowest BCUT2D eigenvalue weighted by atomic mass is 9.96. The number of Topliss-reactive ketones (excluding diaryl/α,β-unsaturated/α-hetero) is 1. The predicted molar refractivity (Wildman–Crippen MR) is 69.1 cm³/mol. The van der Waals surface area contributed by atoms with Gasteiger partial charge in [-0.25, -0.2) is 4.79 Å². The van der Waals surface area contributed by atoms with E-state index in [1.165, 1.54) is 0 Å². The van der Waals surface area contributed by atoms with Gasteiger partial charge in [-0.15, -0.1) is 0 Å². The molecular formula is C13H16N2O4. The van der Waals surface area contributed by atoms with Gasteiger partial charge in [0, 0.05) is 5.69 Å². The van der Waals surface area contributed by atoms with Crippen molar-refractivity contribution in [3.8, 4) is 0 Å². The number of epoxide rings is 1. The summed E-state index contributed by atoms with van der Waals surface area (Å²) in [4.78, 5) is 22.4. The summed E-state index contributed by atoms with van der Waals surface area (Å²) in [5, 5.41) is 10.8. The molecule has 0 bridgehead atoms. The molecule has 0 spiro atoms. The number of ether oxygens (including phenoxy) is 1. The van der Waals surface area contributed by atoms with Crippen LogP contribution in [0, 0.1) is 0 Å².